The van der Waals surface area contributed by atoms with Crippen molar-refractivity contribution in [3.63, 3.8) is 0 Å². The van der Waals surface area contributed by atoms with Crippen LogP contribution >= 0.6 is 11.5 Å². The summed E-state index contributed by atoms with van der Waals surface area (Å²) in [7, 11) is 0. The first-order chi connectivity index (χ1) is 9.17. The lowest BCUT2D eigenvalue weighted by molar-refractivity contribution is 0.252. The second kappa shape index (κ2) is 5.39. The summed E-state index contributed by atoms with van der Waals surface area (Å²) in [6.45, 7) is 5.77. The van der Waals surface area contributed by atoms with Gasteiger partial charge in [0.05, 0.1) is 0 Å². The van der Waals surface area contributed by atoms with Crippen LogP contribution in [0.1, 0.15) is 70.5 Å². The molecule has 2 aliphatic carbocycles. The van der Waals surface area contributed by atoms with Gasteiger partial charge in [0.2, 0.25) is 5.13 Å². The minimum atomic E-state index is 0.513. The van der Waals surface area contributed by atoms with Crippen molar-refractivity contribution >= 4 is 16.7 Å². The van der Waals surface area contributed by atoms with E-state index in [1.165, 1.54) is 44.9 Å². The molecule has 0 bridgehead atoms. The van der Waals surface area contributed by atoms with Crippen LogP contribution in [0, 0.1) is 11.3 Å². The topological polar surface area (TPSA) is 37.8 Å². The van der Waals surface area contributed by atoms with E-state index in [1.807, 2.05) is 0 Å². The molecule has 19 heavy (non-hydrogen) atoms. The van der Waals surface area contributed by atoms with E-state index in [4.69, 9.17) is 0 Å². The van der Waals surface area contributed by atoms with Crippen LogP contribution in [0.2, 0.25) is 0 Å². The van der Waals surface area contributed by atoms with Gasteiger partial charge in [0.15, 0.2) is 0 Å². The number of rotatable bonds is 6. The lowest BCUT2D eigenvalue weighted by Gasteiger charge is -2.31. The van der Waals surface area contributed by atoms with Crippen LogP contribution in [0.3, 0.4) is 0 Å². The number of hydrogen-bond acceptors (Lipinski definition) is 4. The van der Waals surface area contributed by atoms with Crippen molar-refractivity contribution in [3.8, 4) is 0 Å². The van der Waals surface area contributed by atoms with Gasteiger partial charge >= 0.3 is 0 Å². The van der Waals surface area contributed by atoms with Crippen LogP contribution in [0.5, 0.6) is 0 Å². The van der Waals surface area contributed by atoms with E-state index in [0.717, 1.165) is 23.4 Å². The van der Waals surface area contributed by atoms with Crippen molar-refractivity contribution in [2.45, 2.75) is 64.7 Å². The Morgan fingerprint density at radius 2 is 2.05 bits per heavy atom. The maximum atomic E-state index is 4.64. The van der Waals surface area contributed by atoms with Crippen LogP contribution in [0.4, 0.5) is 5.13 Å². The van der Waals surface area contributed by atoms with Gasteiger partial charge < -0.3 is 5.32 Å². The molecule has 2 aliphatic rings. The monoisotopic (exact) mass is 279 g/mol. The molecule has 1 N–H and O–H groups in total. The summed E-state index contributed by atoms with van der Waals surface area (Å²) >= 11 is 1.55. The van der Waals surface area contributed by atoms with Crippen molar-refractivity contribution < 1.29 is 0 Å². The summed E-state index contributed by atoms with van der Waals surface area (Å²) in [6, 6.07) is 0. The molecule has 0 unspecified atom stereocenters. The maximum absolute atomic E-state index is 4.64. The van der Waals surface area contributed by atoms with Gasteiger partial charge in [-0.25, -0.2) is 4.98 Å². The van der Waals surface area contributed by atoms with E-state index < -0.39 is 0 Å². The summed E-state index contributed by atoms with van der Waals surface area (Å²) < 4.78 is 4.48. The van der Waals surface area contributed by atoms with Gasteiger partial charge in [-0.05, 0) is 43.4 Å². The first-order valence-electron chi connectivity index (χ1n) is 7.74. The molecular weight excluding hydrogens is 254 g/mol. The van der Waals surface area contributed by atoms with Crippen LogP contribution in [-0.4, -0.2) is 15.9 Å². The highest BCUT2D eigenvalue weighted by atomic mass is 32.1. The molecule has 0 atom stereocenters. The Balaban J connectivity index is 1.58. The molecule has 2 fully saturated rings. The Bertz CT molecular complexity index is 417. The SMILES string of the molecule is CC(C)CC1(CNc2nc(C3CC3)ns2)CCCC1. The summed E-state index contributed by atoms with van der Waals surface area (Å²) in [5, 5.41) is 4.62. The normalized spacial score (nSPS) is 22.1. The molecule has 0 amide bonds. The third-order valence-corrected chi connectivity index (χ3v) is 5.19. The molecule has 0 saturated heterocycles. The molecule has 2 saturated carbocycles. The predicted octanol–water partition coefficient (Wildman–Crippen LogP) is 4.43. The zero-order valence-electron chi connectivity index (χ0n) is 12.1. The van der Waals surface area contributed by atoms with Crippen LogP contribution in [0.15, 0.2) is 0 Å². The molecule has 3 nitrogen and oxygen atoms in total. The highest BCUT2D eigenvalue weighted by Crippen LogP contribution is 2.43. The van der Waals surface area contributed by atoms with E-state index in [-0.39, 0.29) is 0 Å². The molecule has 1 aromatic heterocycles. The Hall–Kier alpha value is -0.640. The molecule has 106 valence electrons. The number of nitrogens with one attached hydrogen (secondary N) is 1. The minimum absolute atomic E-state index is 0.513. The Morgan fingerprint density at radius 3 is 2.68 bits per heavy atom. The van der Waals surface area contributed by atoms with Crippen LogP contribution < -0.4 is 5.32 Å². The Kier molecular flexibility index (Phi) is 3.79. The predicted molar refractivity (Wildman–Crippen MR) is 80.7 cm³/mol. The zero-order valence-corrected chi connectivity index (χ0v) is 12.9. The molecule has 0 spiro atoms. The van der Waals surface area contributed by atoms with Gasteiger partial charge in [-0.3, -0.25) is 0 Å². The summed E-state index contributed by atoms with van der Waals surface area (Å²) in [4.78, 5) is 4.64. The molecule has 0 aromatic carbocycles. The van der Waals surface area contributed by atoms with Crippen molar-refractivity contribution in [2.75, 3.05) is 11.9 Å². The summed E-state index contributed by atoms with van der Waals surface area (Å²) in [5.74, 6) is 2.54. The van der Waals surface area contributed by atoms with Gasteiger partial charge in [-0.15, -0.1) is 0 Å². The molecular formula is C15H25N3S. The molecule has 1 heterocycles. The van der Waals surface area contributed by atoms with Crippen molar-refractivity contribution in [1.29, 1.82) is 0 Å². The molecule has 4 heteroatoms. The van der Waals surface area contributed by atoms with E-state index in [2.05, 4.69) is 28.5 Å². The molecule has 3 rings (SSSR count). The lowest BCUT2D eigenvalue weighted by Crippen LogP contribution is -2.28. The van der Waals surface area contributed by atoms with Crippen LogP contribution in [0.25, 0.3) is 0 Å². The Morgan fingerprint density at radius 1 is 1.32 bits per heavy atom. The van der Waals surface area contributed by atoms with Crippen LogP contribution in [-0.2, 0) is 0 Å². The summed E-state index contributed by atoms with van der Waals surface area (Å²) in [5.41, 5.74) is 0.513. The quantitative estimate of drug-likeness (QED) is 0.837. The average Bonchev–Trinajstić information content (AvgIpc) is 2.94. The van der Waals surface area contributed by atoms with Gasteiger partial charge in [0.1, 0.15) is 5.82 Å². The number of anilines is 1. The summed E-state index contributed by atoms with van der Waals surface area (Å²) in [6.07, 6.45) is 9.48. The molecule has 1 aromatic rings. The number of aromatic nitrogens is 2. The van der Waals surface area contributed by atoms with E-state index >= 15 is 0 Å². The number of nitrogens with zero attached hydrogens (tertiary/aromatic N) is 2. The third kappa shape index (κ3) is 3.28. The standard InChI is InChI=1S/C15H25N3S/c1-11(2)9-15(7-3-4-8-15)10-16-14-17-13(18-19-14)12-5-6-12/h11-12H,3-10H2,1-2H3,(H,16,17,18). The number of hydrogen-bond donors (Lipinski definition) is 1. The second-order valence-electron chi connectivity index (χ2n) is 6.89. The first-order valence-corrected chi connectivity index (χ1v) is 8.52. The van der Waals surface area contributed by atoms with Crippen molar-refractivity contribution in [2.24, 2.45) is 11.3 Å². The van der Waals surface area contributed by atoms with E-state index in [1.54, 1.807) is 11.5 Å². The smallest absolute Gasteiger partial charge is 0.202 e. The van der Waals surface area contributed by atoms with Gasteiger partial charge in [0, 0.05) is 24.0 Å². The fourth-order valence-electron chi connectivity index (χ4n) is 3.52. The zero-order chi connectivity index (χ0) is 13.3. The maximum Gasteiger partial charge on any atom is 0.202 e. The van der Waals surface area contributed by atoms with Gasteiger partial charge in [0.25, 0.3) is 0 Å². The van der Waals surface area contributed by atoms with Crippen molar-refractivity contribution in [1.82, 2.24) is 9.36 Å². The van der Waals surface area contributed by atoms with Gasteiger partial charge in [-0.2, -0.15) is 4.37 Å². The Labute approximate surface area is 120 Å². The lowest BCUT2D eigenvalue weighted by atomic mass is 9.78. The van der Waals surface area contributed by atoms with Gasteiger partial charge in [-0.1, -0.05) is 26.7 Å². The van der Waals surface area contributed by atoms with Crippen molar-refractivity contribution in [3.05, 3.63) is 5.82 Å². The highest BCUT2D eigenvalue weighted by molar-refractivity contribution is 7.09. The average molecular weight is 279 g/mol. The third-order valence-electron chi connectivity index (χ3n) is 4.50. The molecule has 0 aliphatic heterocycles. The minimum Gasteiger partial charge on any atom is -0.360 e. The van der Waals surface area contributed by atoms with E-state index in [0.29, 0.717) is 11.3 Å². The highest BCUT2D eigenvalue weighted by Gasteiger charge is 2.34. The largest absolute Gasteiger partial charge is 0.360 e. The molecule has 0 radical (unpaired) electrons. The fourth-order valence-corrected chi connectivity index (χ4v) is 4.16. The first kappa shape index (κ1) is 13.3. The second-order valence-corrected chi connectivity index (χ2v) is 7.64. The fraction of sp³-hybridized carbons (Fsp3) is 0.867. The van der Waals surface area contributed by atoms with E-state index in [9.17, 15) is 0 Å².